The lowest BCUT2D eigenvalue weighted by molar-refractivity contribution is -0.877. The van der Waals surface area contributed by atoms with E-state index in [2.05, 4.69) is 15.7 Å². The molecule has 0 amide bonds. The molecule has 0 aliphatic heterocycles. The minimum Gasteiger partial charge on any atom is -0.365 e. The Morgan fingerprint density at radius 3 is 2.24 bits per heavy atom. The van der Waals surface area contributed by atoms with Crippen LogP contribution in [0.4, 0.5) is 0 Å². The van der Waals surface area contributed by atoms with Crippen LogP contribution in [0.15, 0.2) is 35.4 Å². The average Bonchev–Trinajstić information content (AvgIpc) is 2.27. The molecule has 5 heteroatoms. The summed E-state index contributed by atoms with van der Waals surface area (Å²) >= 11 is 5.11. The zero-order chi connectivity index (χ0) is 12.9. The largest absolute Gasteiger partial charge is 0.365 e. The average molecular weight is 251 g/mol. The number of hydrogen-bond donors (Lipinski definition) is 2. The Balaban J connectivity index is 3.04. The second kappa shape index (κ2) is 5.75. The van der Waals surface area contributed by atoms with Gasteiger partial charge in [-0.2, -0.15) is 0 Å². The zero-order valence-corrected chi connectivity index (χ0v) is 11.5. The minimum absolute atomic E-state index is 0.476. The van der Waals surface area contributed by atoms with E-state index in [0.29, 0.717) is 9.70 Å². The molecule has 0 fully saturated rings. The molecule has 92 valence electrons. The Hall–Kier alpha value is -1.46. The monoisotopic (exact) mass is 251 g/mol. The predicted molar refractivity (Wildman–Crippen MR) is 75.8 cm³/mol. The molecule has 0 radical (unpaired) electrons. The number of quaternary nitrogens is 1. The van der Waals surface area contributed by atoms with Gasteiger partial charge in [0.15, 0.2) is 10.9 Å². The first-order valence-electron chi connectivity index (χ1n) is 5.38. The number of nitrogens with one attached hydrogen (secondary N) is 2. The molecule has 0 saturated carbocycles. The van der Waals surface area contributed by atoms with Gasteiger partial charge in [0, 0.05) is 12.6 Å². The third-order valence-corrected chi connectivity index (χ3v) is 2.21. The van der Waals surface area contributed by atoms with E-state index in [1.54, 1.807) is 7.05 Å². The lowest BCUT2D eigenvalue weighted by Crippen LogP contribution is -2.41. The molecule has 2 N–H and O–H groups in total. The van der Waals surface area contributed by atoms with Crippen LogP contribution in [-0.4, -0.2) is 43.7 Å². The maximum absolute atomic E-state index is 5.11. The van der Waals surface area contributed by atoms with Crippen LogP contribution in [0.1, 0.15) is 5.56 Å². The molecule has 1 rings (SSSR count). The Kier molecular flexibility index (Phi) is 4.60. The first-order chi connectivity index (χ1) is 7.92. The maximum Gasteiger partial charge on any atom is 0.195 e. The summed E-state index contributed by atoms with van der Waals surface area (Å²) in [7, 11) is 7.76. The lowest BCUT2D eigenvalue weighted by Gasteiger charge is -2.18. The number of rotatable bonds is 2. The van der Waals surface area contributed by atoms with Crippen molar-refractivity contribution in [2.75, 3.05) is 28.2 Å². The van der Waals surface area contributed by atoms with Crippen molar-refractivity contribution < 1.29 is 4.59 Å². The van der Waals surface area contributed by atoms with E-state index in [1.807, 2.05) is 51.5 Å². The van der Waals surface area contributed by atoms with Gasteiger partial charge in [-0.1, -0.05) is 35.4 Å². The lowest BCUT2D eigenvalue weighted by atomic mass is 10.2. The molecule has 1 aromatic carbocycles. The highest BCUT2D eigenvalue weighted by Crippen LogP contribution is 2.02. The summed E-state index contributed by atoms with van der Waals surface area (Å²) in [4.78, 5) is 0. The van der Waals surface area contributed by atoms with Gasteiger partial charge in [-0.3, -0.25) is 0 Å². The molecular weight excluding hydrogens is 232 g/mol. The highest BCUT2D eigenvalue weighted by molar-refractivity contribution is 7.80. The quantitative estimate of drug-likeness (QED) is 0.272. The second-order valence-corrected chi connectivity index (χ2v) is 4.87. The molecule has 4 nitrogen and oxygen atoms in total. The molecule has 0 unspecified atom stereocenters. The van der Waals surface area contributed by atoms with Crippen molar-refractivity contribution in [2.45, 2.75) is 0 Å². The topological polar surface area (TPSA) is 36.4 Å². The fraction of sp³-hybridized carbons (Fsp3) is 0.333. The SMILES string of the molecule is CNC(=S)N/C(=N\[N+](C)(C)C)c1ccccc1. The fourth-order valence-electron chi connectivity index (χ4n) is 1.22. The Morgan fingerprint density at radius 2 is 1.76 bits per heavy atom. The van der Waals surface area contributed by atoms with Crippen molar-refractivity contribution in [2.24, 2.45) is 5.10 Å². The summed E-state index contributed by atoms with van der Waals surface area (Å²) in [5, 5.41) is 11.1. The second-order valence-electron chi connectivity index (χ2n) is 4.46. The summed E-state index contributed by atoms with van der Waals surface area (Å²) in [5.41, 5.74) is 1.01. The van der Waals surface area contributed by atoms with E-state index in [-0.39, 0.29) is 0 Å². The van der Waals surface area contributed by atoms with E-state index in [1.165, 1.54) is 0 Å². The van der Waals surface area contributed by atoms with E-state index in [0.717, 1.165) is 11.4 Å². The maximum atomic E-state index is 5.11. The number of thiocarbonyl (C=S) groups is 1. The number of benzene rings is 1. The summed E-state index contributed by atoms with van der Waals surface area (Å²) in [5.74, 6) is 0.762. The van der Waals surface area contributed by atoms with Crippen LogP contribution in [0, 0.1) is 0 Å². The predicted octanol–water partition coefficient (Wildman–Crippen LogP) is 1.15. The van der Waals surface area contributed by atoms with Crippen LogP contribution < -0.4 is 10.6 Å². The van der Waals surface area contributed by atoms with Gasteiger partial charge in [0.25, 0.3) is 0 Å². The third kappa shape index (κ3) is 4.93. The highest BCUT2D eigenvalue weighted by Gasteiger charge is 2.12. The molecule has 0 aliphatic rings. The van der Waals surface area contributed by atoms with Crippen molar-refractivity contribution in [1.29, 1.82) is 0 Å². The summed E-state index contributed by atoms with van der Waals surface area (Å²) in [6, 6.07) is 9.93. The van der Waals surface area contributed by atoms with Crippen molar-refractivity contribution in [1.82, 2.24) is 10.6 Å². The Labute approximate surface area is 108 Å². The van der Waals surface area contributed by atoms with E-state index >= 15 is 0 Å². The van der Waals surface area contributed by atoms with Crippen molar-refractivity contribution >= 4 is 23.2 Å². The van der Waals surface area contributed by atoms with Gasteiger partial charge in [0.1, 0.15) is 0 Å². The molecule has 0 saturated heterocycles. The normalized spacial score (nSPS) is 12.1. The van der Waals surface area contributed by atoms with Gasteiger partial charge in [-0.15, -0.1) is 0 Å². The molecule has 0 spiro atoms. The van der Waals surface area contributed by atoms with Gasteiger partial charge < -0.3 is 10.6 Å². The van der Waals surface area contributed by atoms with E-state index < -0.39 is 0 Å². The van der Waals surface area contributed by atoms with Crippen LogP contribution in [-0.2, 0) is 0 Å². The Bertz CT molecular complexity index is 406. The van der Waals surface area contributed by atoms with Crippen molar-refractivity contribution in [3.8, 4) is 0 Å². The van der Waals surface area contributed by atoms with E-state index in [4.69, 9.17) is 12.2 Å². The van der Waals surface area contributed by atoms with Crippen molar-refractivity contribution in [3.05, 3.63) is 35.9 Å². The van der Waals surface area contributed by atoms with Gasteiger partial charge in [-0.25, -0.2) is 4.59 Å². The van der Waals surface area contributed by atoms with Gasteiger partial charge in [0.05, 0.1) is 21.1 Å². The standard InChI is InChI=1S/C12H18N4S/c1-13-12(17)14-11(15-16(2,3)4)10-8-6-5-7-9-10/h5-9H,1-4H3,(H-,13,14,15,17)/p+1. The molecule has 0 atom stereocenters. The van der Waals surface area contributed by atoms with Crippen LogP contribution in [0.5, 0.6) is 0 Å². The van der Waals surface area contributed by atoms with Gasteiger partial charge in [-0.05, 0) is 12.2 Å². The molecule has 0 aliphatic carbocycles. The van der Waals surface area contributed by atoms with Crippen LogP contribution in [0.2, 0.25) is 0 Å². The Morgan fingerprint density at radius 1 is 1.18 bits per heavy atom. The molecular formula is C12H19N4S+. The molecule has 0 aromatic heterocycles. The smallest absolute Gasteiger partial charge is 0.195 e. The minimum atomic E-state index is 0.476. The van der Waals surface area contributed by atoms with Gasteiger partial charge in [0.2, 0.25) is 0 Å². The molecule has 1 aromatic rings. The summed E-state index contributed by atoms with van der Waals surface area (Å²) in [6.45, 7) is 0. The van der Waals surface area contributed by atoms with Crippen LogP contribution in [0.25, 0.3) is 0 Å². The summed E-state index contributed by atoms with van der Waals surface area (Å²) < 4.78 is 0.476. The molecule has 0 bridgehead atoms. The zero-order valence-electron chi connectivity index (χ0n) is 10.7. The first-order valence-corrected chi connectivity index (χ1v) is 5.79. The molecule has 17 heavy (non-hydrogen) atoms. The first kappa shape index (κ1) is 13.6. The van der Waals surface area contributed by atoms with Crippen LogP contribution >= 0.6 is 12.2 Å². The molecule has 0 heterocycles. The third-order valence-electron chi connectivity index (χ3n) is 1.91. The summed E-state index contributed by atoms with van der Waals surface area (Å²) in [6.07, 6.45) is 0. The van der Waals surface area contributed by atoms with Gasteiger partial charge >= 0.3 is 0 Å². The fourth-order valence-corrected chi connectivity index (χ4v) is 1.32. The van der Waals surface area contributed by atoms with E-state index in [9.17, 15) is 0 Å². The highest BCUT2D eigenvalue weighted by atomic mass is 32.1. The van der Waals surface area contributed by atoms with Crippen LogP contribution in [0.3, 0.4) is 0 Å². The number of nitrogens with zero attached hydrogens (tertiary/aromatic N) is 2. The van der Waals surface area contributed by atoms with Crippen molar-refractivity contribution in [3.63, 3.8) is 0 Å². The number of amidine groups is 1. The number of hydrogen-bond acceptors (Lipinski definition) is 2.